The van der Waals surface area contributed by atoms with Crippen LogP contribution in [-0.4, -0.2) is 9.97 Å². The summed E-state index contributed by atoms with van der Waals surface area (Å²) in [4.78, 5) is 8.05. The lowest BCUT2D eigenvalue weighted by molar-refractivity contribution is 0.631. The molecule has 0 amide bonds. The minimum atomic E-state index is -0.369. The first kappa shape index (κ1) is 12.3. The molecule has 2 aromatic rings. The maximum Gasteiger partial charge on any atom is 0.147 e. The summed E-state index contributed by atoms with van der Waals surface area (Å²) in [6.07, 6.45) is 0. The number of halogens is 3. The average molecular weight is 317 g/mol. The van der Waals surface area contributed by atoms with E-state index in [-0.39, 0.29) is 5.82 Å². The van der Waals surface area contributed by atoms with Crippen molar-refractivity contribution in [1.29, 1.82) is 0 Å². The fourth-order valence-corrected chi connectivity index (χ4v) is 2.01. The molecule has 0 spiro atoms. The normalized spacial score (nSPS) is 10.4. The quantitative estimate of drug-likeness (QED) is 0.848. The van der Waals surface area contributed by atoms with Crippen molar-refractivity contribution in [2.45, 2.75) is 6.92 Å². The van der Waals surface area contributed by atoms with Gasteiger partial charge in [-0.3, -0.25) is 0 Å². The van der Waals surface area contributed by atoms with E-state index in [2.05, 4.69) is 31.2 Å². The second-order valence-electron chi connectivity index (χ2n) is 3.34. The zero-order valence-electron chi connectivity index (χ0n) is 8.84. The molecule has 88 valence electrons. The number of nitrogens with one attached hydrogen (secondary N) is 1. The van der Waals surface area contributed by atoms with Crippen molar-refractivity contribution < 1.29 is 4.39 Å². The molecule has 3 nitrogen and oxygen atoms in total. The zero-order chi connectivity index (χ0) is 12.4. The summed E-state index contributed by atoms with van der Waals surface area (Å²) >= 11 is 9.06. The van der Waals surface area contributed by atoms with E-state index in [0.717, 1.165) is 0 Å². The third kappa shape index (κ3) is 2.92. The lowest BCUT2D eigenvalue weighted by Crippen LogP contribution is -1.99. The third-order valence-corrected chi connectivity index (χ3v) is 2.88. The minimum Gasteiger partial charge on any atom is -0.337 e. The van der Waals surface area contributed by atoms with Gasteiger partial charge < -0.3 is 5.32 Å². The first-order chi connectivity index (χ1) is 8.06. The summed E-state index contributed by atoms with van der Waals surface area (Å²) in [6, 6.07) is 6.25. The first-order valence-corrected chi connectivity index (χ1v) is 5.95. The third-order valence-electron chi connectivity index (χ3n) is 2.02. The Morgan fingerprint density at radius 3 is 2.76 bits per heavy atom. The van der Waals surface area contributed by atoms with Gasteiger partial charge in [-0.25, -0.2) is 14.4 Å². The maximum absolute atomic E-state index is 13.6. The Labute approximate surface area is 111 Å². The highest BCUT2D eigenvalue weighted by Crippen LogP contribution is 2.28. The molecule has 0 aliphatic rings. The molecule has 0 radical (unpaired) electrons. The molecule has 17 heavy (non-hydrogen) atoms. The highest BCUT2D eigenvalue weighted by Gasteiger charge is 2.08. The van der Waals surface area contributed by atoms with E-state index < -0.39 is 0 Å². The average Bonchev–Trinajstić information content (AvgIpc) is 2.22. The van der Waals surface area contributed by atoms with E-state index in [1.807, 2.05) is 0 Å². The fraction of sp³-hybridized carbons (Fsp3) is 0.0909. The molecule has 1 heterocycles. The molecule has 0 unspecified atom stereocenters. The van der Waals surface area contributed by atoms with Crippen LogP contribution in [0.15, 0.2) is 28.7 Å². The van der Waals surface area contributed by atoms with E-state index >= 15 is 0 Å². The predicted molar refractivity (Wildman–Crippen MR) is 69.2 cm³/mol. The monoisotopic (exact) mass is 315 g/mol. The number of para-hydroxylation sites is 1. The van der Waals surface area contributed by atoms with Crippen LogP contribution in [0.3, 0.4) is 0 Å². The Bertz CT molecular complexity index is 522. The standard InChI is InChI=1S/C11H8BrClFN3/c1-6-15-9(13)5-10(16-6)17-11-7(12)3-2-4-8(11)14/h2-5H,1H3,(H,15,16,17). The number of hydrogen-bond donors (Lipinski definition) is 1. The molecule has 0 saturated heterocycles. The van der Waals surface area contributed by atoms with E-state index in [4.69, 9.17) is 11.6 Å². The van der Waals surface area contributed by atoms with Crippen LogP contribution < -0.4 is 5.32 Å². The largest absolute Gasteiger partial charge is 0.337 e. The second kappa shape index (κ2) is 4.98. The van der Waals surface area contributed by atoms with Crippen LogP contribution >= 0.6 is 27.5 Å². The van der Waals surface area contributed by atoms with Crippen molar-refractivity contribution in [1.82, 2.24) is 9.97 Å². The van der Waals surface area contributed by atoms with Crippen molar-refractivity contribution in [3.63, 3.8) is 0 Å². The highest BCUT2D eigenvalue weighted by molar-refractivity contribution is 9.10. The maximum atomic E-state index is 13.6. The summed E-state index contributed by atoms with van der Waals surface area (Å²) in [6.45, 7) is 1.72. The molecule has 0 aliphatic heterocycles. The van der Waals surface area contributed by atoms with Gasteiger partial charge in [0.1, 0.15) is 22.6 Å². The van der Waals surface area contributed by atoms with Gasteiger partial charge in [0.05, 0.1) is 5.69 Å². The van der Waals surface area contributed by atoms with Gasteiger partial charge in [-0.15, -0.1) is 0 Å². The van der Waals surface area contributed by atoms with E-state index in [0.29, 0.717) is 27.0 Å². The van der Waals surface area contributed by atoms with Crippen molar-refractivity contribution in [2.24, 2.45) is 0 Å². The van der Waals surface area contributed by atoms with Crippen LogP contribution in [-0.2, 0) is 0 Å². The summed E-state index contributed by atoms with van der Waals surface area (Å²) in [5, 5.41) is 3.18. The topological polar surface area (TPSA) is 37.8 Å². The van der Waals surface area contributed by atoms with E-state index in [1.165, 1.54) is 12.1 Å². The first-order valence-electron chi connectivity index (χ1n) is 4.78. The molecule has 0 saturated carbocycles. The minimum absolute atomic E-state index is 0.312. The Kier molecular flexibility index (Phi) is 3.59. The smallest absolute Gasteiger partial charge is 0.147 e. The number of aryl methyl sites for hydroxylation is 1. The van der Waals surface area contributed by atoms with Crippen molar-refractivity contribution in [3.05, 3.63) is 45.5 Å². The van der Waals surface area contributed by atoms with Gasteiger partial charge in [0, 0.05) is 10.5 Å². The summed E-state index contributed by atoms with van der Waals surface area (Å²) in [5.74, 6) is 0.604. The molecule has 1 aromatic heterocycles. The summed E-state index contributed by atoms with van der Waals surface area (Å²) < 4.78 is 14.2. The molecule has 0 atom stereocenters. The number of hydrogen-bond acceptors (Lipinski definition) is 3. The van der Waals surface area contributed by atoms with Crippen LogP contribution in [0.4, 0.5) is 15.9 Å². The van der Waals surface area contributed by atoms with Crippen LogP contribution in [0.2, 0.25) is 5.15 Å². The van der Waals surface area contributed by atoms with Gasteiger partial charge in [-0.1, -0.05) is 17.7 Å². The Balaban J connectivity index is 2.38. The van der Waals surface area contributed by atoms with Gasteiger partial charge in [0.15, 0.2) is 0 Å². The lowest BCUT2D eigenvalue weighted by atomic mass is 10.3. The molecular weight excluding hydrogens is 308 g/mol. The van der Waals surface area contributed by atoms with Gasteiger partial charge >= 0.3 is 0 Å². The van der Waals surface area contributed by atoms with Crippen molar-refractivity contribution >= 4 is 39.0 Å². The number of aromatic nitrogens is 2. The van der Waals surface area contributed by atoms with Gasteiger partial charge in [-0.2, -0.15) is 0 Å². The van der Waals surface area contributed by atoms with Crippen LogP contribution in [0, 0.1) is 12.7 Å². The number of rotatable bonds is 2. The van der Waals surface area contributed by atoms with Crippen LogP contribution in [0.1, 0.15) is 5.82 Å². The van der Waals surface area contributed by atoms with Gasteiger partial charge in [0.2, 0.25) is 0 Å². The Hall–Kier alpha value is -1.20. The molecule has 0 bridgehead atoms. The number of anilines is 2. The summed E-state index contributed by atoms with van der Waals surface area (Å²) in [5.41, 5.74) is 0.321. The van der Waals surface area contributed by atoms with Crippen LogP contribution in [0.25, 0.3) is 0 Å². The fourth-order valence-electron chi connectivity index (χ4n) is 1.34. The van der Waals surface area contributed by atoms with E-state index in [9.17, 15) is 4.39 Å². The van der Waals surface area contributed by atoms with Crippen molar-refractivity contribution in [3.8, 4) is 0 Å². The molecule has 1 aromatic carbocycles. The predicted octanol–water partition coefficient (Wildman–Crippen LogP) is 4.08. The van der Waals surface area contributed by atoms with E-state index in [1.54, 1.807) is 19.1 Å². The summed E-state index contributed by atoms with van der Waals surface area (Å²) in [7, 11) is 0. The molecular formula is C11H8BrClFN3. The zero-order valence-corrected chi connectivity index (χ0v) is 11.2. The SMILES string of the molecule is Cc1nc(Cl)cc(Nc2c(F)cccc2Br)n1. The van der Waals surface area contributed by atoms with Crippen molar-refractivity contribution in [2.75, 3.05) is 5.32 Å². The lowest BCUT2D eigenvalue weighted by Gasteiger charge is -2.09. The highest BCUT2D eigenvalue weighted by atomic mass is 79.9. The second-order valence-corrected chi connectivity index (χ2v) is 4.59. The molecule has 0 fully saturated rings. The van der Waals surface area contributed by atoms with Gasteiger partial charge in [-0.05, 0) is 35.0 Å². The van der Waals surface area contributed by atoms with Crippen LogP contribution in [0.5, 0.6) is 0 Å². The molecule has 2 rings (SSSR count). The number of nitrogens with zero attached hydrogens (tertiary/aromatic N) is 2. The molecule has 6 heteroatoms. The Morgan fingerprint density at radius 2 is 2.12 bits per heavy atom. The molecule has 1 N–H and O–H groups in total. The van der Waals surface area contributed by atoms with Gasteiger partial charge in [0.25, 0.3) is 0 Å². The molecule has 0 aliphatic carbocycles. The number of benzene rings is 1. The Morgan fingerprint density at radius 1 is 1.35 bits per heavy atom.